The zero-order valence-corrected chi connectivity index (χ0v) is 18.9. The second-order valence-corrected chi connectivity index (χ2v) is 8.55. The Morgan fingerprint density at radius 1 is 1.26 bits per heavy atom. The van der Waals surface area contributed by atoms with Gasteiger partial charge in [-0.05, 0) is 47.9 Å². The van der Waals surface area contributed by atoms with Crippen LogP contribution in [0.5, 0.6) is 0 Å². The van der Waals surface area contributed by atoms with Gasteiger partial charge in [0.25, 0.3) is 5.92 Å². The molecule has 1 N–H and O–H groups in total. The second kappa shape index (κ2) is 9.58. The molecular formula is C26H22F2N4O3. The number of carbonyl (C=O) groups is 2. The molecule has 3 aromatic rings. The van der Waals surface area contributed by atoms with Gasteiger partial charge in [0, 0.05) is 48.7 Å². The number of H-pyrrole nitrogens is 1. The number of halogens is 2. The molecule has 2 aromatic heterocycles. The Morgan fingerprint density at radius 2 is 2.06 bits per heavy atom. The number of aromatic nitrogens is 2. The maximum Gasteiger partial charge on any atom is 0.268 e. The number of aromatic amines is 1. The van der Waals surface area contributed by atoms with Gasteiger partial charge in [-0.15, -0.1) is 0 Å². The Labute approximate surface area is 199 Å². The van der Waals surface area contributed by atoms with Gasteiger partial charge < -0.3 is 9.88 Å². The molecule has 1 aliphatic heterocycles. The molecule has 178 valence electrons. The third-order valence-corrected chi connectivity index (χ3v) is 5.99. The van der Waals surface area contributed by atoms with Crippen LogP contribution in [0.1, 0.15) is 47.7 Å². The number of fused-ring (bicyclic) bond motifs is 1. The van der Waals surface area contributed by atoms with E-state index in [-0.39, 0.29) is 24.2 Å². The third kappa shape index (κ3) is 5.32. The summed E-state index contributed by atoms with van der Waals surface area (Å²) in [6, 6.07) is 10.7. The molecule has 4 rings (SSSR count). The van der Waals surface area contributed by atoms with E-state index in [4.69, 9.17) is 5.26 Å². The molecule has 1 aromatic carbocycles. The number of hydrogen-bond donors (Lipinski definition) is 1. The Morgan fingerprint density at radius 3 is 2.77 bits per heavy atom. The molecule has 1 fully saturated rings. The van der Waals surface area contributed by atoms with E-state index in [0.717, 1.165) is 21.6 Å². The van der Waals surface area contributed by atoms with Gasteiger partial charge in [0.05, 0.1) is 18.1 Å². The fraction of sp³-hybridized carbons (Fsp3) is 0.269. The van der Waals surface area contributed by atoms with Crippen LogP contribution in [0.3, 0.4) is 0 Å². The maximum absolute atomic E-state index is 13.6. The first-order chi connectivity index (χ1) is 16.7. The first-order valence-electron chi connectivity index (χ1n) is 11.0. The average Bonchev–Trinajstić information content (AvgIpc) is 3.17. The normalized spacial score (nSPS) is 17.4. The summed E-state index contributed by atoms with van der Waals surface area (Å²) in [5.41, 5.74) is 3.34. The minimum Gasteiger partial charge on any atom is -0.329 e. The van der Waals surface area contributed by atoms with E-state index in [1.807, 2.05) is 25.1 Å². The Balaban J connectivity index is 1.54. The number of Topliss-reactive ketones (excluding diaryl/α,β-unsaturated/α-hetero) is 1. The van der Waals surface area contributed by atoms with Crippen molar-refractivity contribution in [3.05, 3.63) is 75.8 Å². The molecule has 1 amide bonds. The highest BCUT2D eigenvalue weighted by atomic mass is 19.3. The second-order valence-electron chi connectivity index (χ2n) is 8.55. The highest BCUT2D eigenvalue weighted by Gasteiger charge is 2.47. The van der Waals surface area contributed by atoms with E-state index in [9.17, 15) is 23.2 Å². The molecule has 0 bridgehead atoms. The number of rotatable bonds is 6. The number of nitrogens with zero attached hydrogens (tertiary/aromatic N) is 3. The van der Waals surface area contributed by atoms with Crippen LogP contribution in [0, 0.1) is 11.3 Å². The van der Waals surface area contributed by atoms with Crippen molar-refractivity contribution in [2.24, 2.45) is 0 Å². The van der Waals surface area contributed by atoms with Crippen LogP contribution in [0.15, 0.2) is 53.6 Å². The molecule has 0 spiro atoms. The van der Waals surface area contributed by atoms with E-state index >= 15 is 0 Å². The number of alkyl halides is 2. The molecule has 0 radical (unpaired) electrons. The van der Waals surface area contributed by atoms with Gasteiger partial charge in [0.1, 0.15) is 6.04 Å². The molecule has 1 aliphatic rings. The van der Waals surface area contributed by atoms with Gasteiger partial charge in [-0.25, -0.2) is 8.78 Å². The Kier molecular flexibility index (Phi) is 6.56. The molecule has 0 aliphatic carbocycles. The third-order valence-electron chi connectivity index (χ3n) is 5.99. The highest BCUT2D eigenvalue weighted by molar-refractivity contribution is 6.08. The van der Waals surface area contributed by atoms with Crippen LogP contribution in [-0.2, 0) is 4.79 Å². The van der Waals surface area contributed by atoms with E-state index in [1.165, 1.54) is 12.3 Å². The lowest BCUT2D eigenvalue weighted by Gasteiger charge is -2.18. The molecule has 9 heteroatoms. The molecule has 1 saturated heterocycles. The molecular weight excluding hydrogens is 454 g/mol. The zero-order chi connectivity index (χ0) is 25.2. The van der Waals surface area contributed by atoms with Crippen LogP contribution in [0.2, 0.25) is 0 Å². The summed E-state index contributed by atoms with van der Waals surface area (Å²) in [6.45, 7) is 1.09. The molecule has 0 saturated carbocycles. The van der Waals surface area contributed by atoms with Crippen LogP contribution >= 0.6 is 0 Å². The molecule has 35 heavy (non-hydrogen) atoms. The van der Waals surface area contributed by atoms with Gasteiger partial charge in [-0.3, -0.25) is 19.4 Å². The van der Waals surface area contributed by atoms with E-state index in [2.05, 4.69) is 9.97 Å². The summed E-state index contributed by atoms with van der Waals surface area (Å²) in [4.78, 5) is 44.6. The predicted molar refractivity (Wildman–Crippen MR) is 127 cm³/mol. The fourth-order valence-corrected chi connectivity index (χ4v) is 4.18. The van der Waals surface area contributed by atoms with Crippen molar-refractivity contribution >= 4 is 34.2 Å². The number of carbonyl (C=O) groups excluding carboxylic acids is 2. The van der Waals surface area contributed by atoms with Gasteiger partial charge in [0.2, 0.25) is 11.5 Å². The predicted octanol–water partition coefficient (Wildman–Crippen LogP) is 4.21. The van der Waals surface area contributed by atoms with Gasteiger partial charge >= 0.3 is 0 Å². The van der Waals surface area contributed by atoms with Gasteiger partial charge in [-0.1, -0.05) is 12.1 Å². The number of benzene rings is 1. The van der Waals surface area contributed by atoms with Crippen LogP contribution in [0.4, 0.5) is 8.78 Å². The van der Waals surface area contributed by atoms with Crippen molar-refractivity contribution in [2.45, 2.75) is 38.2 Å². The minimum atomic E-state index is -3.10. The maximum atomic E-state index is 13.6. The summed E-state index contributed by atoms with van der Waals surface area (Å²) < 4.78 is 27.3. The number of pyridine rings is 2. The standard InChI is InChI=1S/C26H22F2N4O3/c1-16(18-3-6-24(34)31-14-18)10-17-2-4-22-21(11-17)20(8-9-30-22)23(33)5-7-25(35)32-15-26(27,28)12-19(32)13-29/h2-4,6,8-11,14,19H,5,7,12,15H2,1H3,(H,31,34)/b16-10+/t19-/m0/s1. The lowest BCUT2D eigenvalue weighted by atomic mass is 9.99. The number of hydrogen-bond acceptors (Lipinski definition) is 5. The van der Waals surface area contributed by atoms with Crippen molar-refractivity contribution < 1.29 is 18.4 Å². The summed E-state index contributed by atoms with van der Waals surface area (Å²) in [7, 11) is 0. The summed E-state index contributed by atoms with van der Waals surface area (Å²) in [5.74, 6) is -4.05. The van der Waals surface area contributed by atoms with Crippen LogP contribution in [-0.4, -0.2) is 45.1 Å². The highest BCUT2D eigenvalue weighted by Crippen LogP contribution is 2.32. The SMILES string of the molecule is C/C(=C\c1ccc2nccc(C(=O)CCC(=O)N3CC(F)(F)C[C@H]3C#N)c2c1)c1ccc(=O)[nH]c1. The van der Waals surface area contributed by atoms with Crippen molar-refractivity contribution in [1.82, 2.24) is 14.9 Å². The van der Waals surface area contributed by atoms with Crippen LogP contribution < -0.4 is 5.56 Å². The molecule has 0 unspecified atom stereocenters. The lowest BCUT2D eigenvalue weighted by Crippen LogP contribution is -2.36. The smallest absolute Gasteiger partial charge is 0.268 e. The number of ketones is 1. The van der Waals surface area contributed by atoms with Crippen molar-refractivity contribution in [1.29, 1.82) is 5.26 Å². The number of amides is 1. The van der Waals surface area contributed by atoms with Crippen molar-refractivity contribution in [3.63, 3.8) is 0 Å². The van der Waals surface area contributed by atoms with Gasteiger partial charge in [-0.2, -0.15) is 5.26 Å². The van der Waals surface area contributed by atoms with E-state index < -0.39 is 30.8 Å². The topological polar surface area (TPSA) is 107 Å². The quantitative estimate of drug-likeness (QED) is 0.537. The lowest BCUT2D eigenvalue weighted by molar-refractivity contribution is -0.132. The van der Waals surface area contributed by atoms with E-state index in [0.29, 0.717) is 16.5 Å². The molecule has 3 heterocycles. The van der Waals surface area contributed by atoms with Crippen molar-refractivity contribution in [2.75, 3.05) is 6.54 Å². The largest absolute Gasteiger partial charge is 0.329 e. The first kappa shape index (κ1) is 24.0. The Hall–Kier alpha value is -4.19. The summed E-state index contributed by atoms with van der Waals surface area (Å²) in [6.07, 6.45) is 3.91. The minimum absolute atomic E-state index is 0.172. The fourth-order valence-electron chi connectivity index (χ4n) is 4.18. The summed E-state index contributed by atoms with van der Waals surface area (Å²) in [5, 5.41) is 9.70. The molecule has 7 nitrogen and oxygen atoms in total. The number of likely N-dealkylation sites (tertiary alicyclic amines) is 1. The van der Waals surface area contributed by atoms with Gasteiger partial charge in [0.15, 0.2) is 5.78 Å². The number of allylic oxidation sites excluding steroid dienone is 1. The monoisotopic (exact) mass is 476 g/mol. The zero-order valence-electron chi connectivity index (χ0n) is 18.9. The number of nitriles is 1. The molecule has 1 atom stereocenters. The summed E-state index contributed by atoms with van der Waals surface area (Å²) >= 11 is 0. The average molecular weight is 476 g/mol. The first-order valence-corrected chi connectivity index (χ1v) is 11.0. The van der Waals surface area contributed by atoms with Crippen molar-refractivity contribution in [3.8, 4) is 6.07 Å². The number of nitrogens with one attached hydrogen (secondary N) is 1. The van der Waals surface area contributed by atoms with Crippen LogP contribution in [0.25, 0.3) is 22.6 Å². The van der Waals surface area contributed by atoms with E-state index in [1.54, 1.807) is 30.5 Å². The Bertz CT molecular complexity index is 1420.